The Labute approximate surface area is 90.3 Å². The van der Waals surface area contributed by atoms with E-state index in [1.807, 2.05) is 6.92 Å². The van der Waals surface area contributed by atoms with E-state index in [-0.39, 0.29) is 28.9 Å². The molecule has 15 heavy (non-hydrogen) atoms. The Morgan fingerprint density at radius 2 is 2.00 bits per heavy atom. The van der Waals surface area contributed by atoms with Crippen LogP contribution in [0.4, 0.5) is 0 Å². The first-order valence-corrected chi connectivity index (χ1v) is 7.29. The second-order valence-corrected chi connectivity index (χ2v) is 7.02. The molecule has 1 atom stereocenters. The Morgan fingerprint density at radius 1 is 1.40 bits per heavy atom. The Kier molecular flexibility index (Phi) is 2.53. The van der Waals surface area contributed by atoms with E-state index in [0.29, 0.717) is 19.3 Å². The summed E-state index contributed by atoms with van der Waals surface area (Å²) in [6.45, 7) is 2.04. The predicted molar refractivity (Wildman–Crippen MR) is 57.2 cm³/mol. The van der Waals surface area contributed by atoms with Gasteiger partial charge in [-0.2, -0.15) is 0 Å². The van der Waals surface area contributed by atoms with Crippen LogP contribution in [-0.2, 0) is 14.6 Å². The minimum atomic E-state index is -2.83. The molecule has 4 nitrogen and oxygen atoms in total. The zero-order valence-electron chi connectivity index (χ0n) is 8.95. The van der Waals surface area contributed by atoms with Crippen LogP contribution in [-0.4, -0.2) is 31.9 Å². The molecule has 0 aromatic carbocycles. The Balaban J connectivity index is 2.18. The lowest BCUT2D eigenvalue weighted by molar-refractivity contribution is -0.119. The molecule has 0 bridgehead atoms. The summed E-state index contributed by atoms with van der Waals surface area (Å²) in [6, 6.07) is 0.181. The van der Waals surface area contributed by atoms with Crippen molar-refractivity contribution in [3.8, 4) is 0 Å². The van der Waals surface area contributed by atoms with Gasteiger partial charge in [-0.05, 0) is 19.3 Å². The van der Waals surface area contributed by atoms with Gasteiger partial charge in [-0.3, -0.25) is 4.79 Å². The molecule has 2 fully saturated rings. The summed E-state index contributed by atoms with van der Waals surface area (Å²) in [5.41, 5.74) is -0.0723. The highest BCUT2D eigenvalue weighted by Gasteiger charge is 2.48. The van der Waals surface area contributed by atoms with E-state index in [9.17, 15) is 13.2 Å². The van der Waals surface area contributed by atoms with Gasteiger partial charge in [0.05, 0.1) is 11.5 Å². The predicted octanol–water partition coefficient (Wildman–Crippen LogP) is 0.480. The minimum Gasteiger partial charge on any atom is -0.353 e. The molecule has 1 spiro atoms. The first-order valence-electron chi connectivity index (χ1n) is 5.47. The molecule has 1 N–H and O–H groups in total. The highest BCUT2D eigenvalue weighted by molar-refractivity contribution is 7.91. The van der Waals surface area contributed by atoms with Gasteiger partial charge < -0.3 is 5.32 Å². The van der Waals surface area contributed by atoms with Crippen LogP contribution in [0.2, 0.25) is 0 Å². The van der Waals surface area contributed by atoms with Crippen molar-refractivity contribution in [1.82, 2.24) is 5.32 Å². The molecule has 86 valence electrons. The highest BCUT2D eigenvalue weighted by Crippen LogP contribution is 2.43. The fourth-order valence-corrected chi connectivity index (χ4v) is 4.49. The van der Waals surface area contributed by atoms with Gasteiger partial charge in [0, 0.05) is 17.9 Å². The zero-order chi connectivity index (χ0) is 11.1. The molecule has 1 amide bonds. The molecule has 2 aliphatic rings. The molecule has 2 saturated heterocycles. The fourth-order valence-electron chi connectivity index (χ4n) is 2.85. The number of nitrogens with one attached hydrogen (secondary N) is 1. The number of carbonyl (C=O) groups excluding carboxylic acids is 1. The number of amides is 1. The molecule has 0 aromatic rings. The Hall–Kier alpha value is -0.580. The van der Waals surface area contributed by atoms with E-state index in [1.54, 1.807) is 0 Å². The standard InChI is InChI=1S/C10H17NO3S/c1-2-8-10(7-9(12)11-8)3-5-15(13,14)6-4-10/h8H,2-7H2,1H3,(H,11,12). The van der Waals surface area contributed by atoms with Crippen LogP contribution in [0.15, 0.2) is 0 Å². The summed E-state index contributed by atoms with van der Waals surface area (Å²) in [5, 5.41) is 2.96. The van der Waals surface area contributed by atoms with Crippen LogP contribution < -0.4 is 5.32 Å². The molecule has 2 rings (SSSR count). The van der Waals surface area contributed by atoms with Crippen LogP contribution >= 0.6 is 0 Å². The molecule has 0 radical (unpaired) electrons. The lowest BCUT2D eigenvalue weighted by Gasteiger charge is -2.36. The van der Waals surface area contributed by atoms with Crippen LogP contribution in [0.5, 0.6) is 0 Å². The maximum Gasteiger partial charge on any atom is 0.220 e. The third-order valence-electron chi connectivity index (χ3n) is 3.82. The van der Waals surface area contributed by atoms with E-state index in [2.05, 4.69) is 5.32 Å². The minimum absolute atomic E-state index is 0.0723. The van der Waals surface area contributed by atoms with E-state index in [0.717, 1.165) is 6.42 Å². The van der Waals surface area contributed by atoms with E-state index >= 15 is 0 Å². The third-order valence-corrected chi connectivity index (χ3v) is 5.47. The smallest absolute Gasteiger partial charge is 0.220 e. The highest BCUT2D eigenvalue weighted by atomic mass is 32.2. The quantitative estimate of drug-likeness (QED) is 0.714. The van der Waals surface area contributed by atoms with Crippen LogP contribution in [0, 0.1) is 5.41 Å². The van der Waals surface area contributed by atoms with Gasteiger partial charge in [-0.25, -0.2) is 8.42 Å². The van der Waals surface area contributed by atoms with Crippen LogP contribution in [0.1, 0.15) is 32.6 Å². The maximum absolute atomic E-state index is 11.4. The van der Waals surface area contributed by atoms with E-state index < -0.39 is 9.84 Å². The first-order chi connectivity index (χ1) is 6.97. The molecule has 5 heteroatoms. The van der Waals surface area contributed by atoms with Crippen molar-refractivity contribution in [3.05, 3.63) is 0 Å². The molecule has 1 unspecified atom stereocenters. The third kappa shape index (κ3) is 1.89. The van der Waals surface area contributed by atoms with Crippen molar-refractivity contribution in [2.45, 2.75) is 38.6 Å². The van der Waals surface area contributed by atoms with Gasteiger partial charge in [0.15, 0.2) is 0 Å². The van der Waals surface area contributed by atoms with Crippen LogP contribution in [0.25, 0.3) is 0 Å². The zero-order valence-corrected chi connectivity index (χ0v) is 9.77. The molecule has 2 heterocycles. The average Bonchev–Trinajstić information content (AvgIpc) is 2.49. The Bertz CT molecular complexity index is 360. The molecular weight excluding hydrogens is 214 g/mol. The van der Waals surface area contributed by atoms with Gasteiger partial charge in [0.2, 0.25) is 5.91 Å². The van der Waals surface area contributed by atoms with Crippen LogP contribution in [0.3, 0.4) is 0 Å². The summed E-state index contributed by atoms with van der Waals surface area (Å²) in [4.78, 5) is 11.4. The van der Waals surface area contributed by atoms with Gasteiger partial charge in [-0.15, -0.1) is 0 Å². The van der Waals surface area contributed by atoms with Gasteiger partial charge in [-0.1, -0.05) is 6.92 Å². The van der Waals surface area contributed by atoms with Crippen molar-refractivity contribution >= 4 is 15.7 Å². The van der Waals surface area contributed by atoms with E-state index in [1.165, 1.54) is 0 Å². The monoisotopic (exact) mass is 231 g/mol. The number of sulfone groups is 1. The number of rotatable bonds is 1. The molecule has 0 aliphatic carbocycles. The summed E-state index contributed by atoms with van der Waals surface area (Å²) < 4.78 is 22.7. The topological polar surface area (TPSA) is 63.2 Å². The normalized spacial score (nSPS) is 32.9. The lowest BCUT2D eigenvalue weighted by Crippen LogP contribution is -2.42. The average molecular weight is 231 g/mol. The number of carbonyl (C=O) groups is 1. The van der Waals surface area contributed by atoms with Crippen molar-refractivity contribution < 1.29 is 13.2 Å². The SMILES string of the molecule is CCC1NC(=O)CC12CCS(=O)(=O)CC2. The first kappa shape index (κ1) is 10.9. The molecule has 0 aromatic heterocycles. The van der Waals surface area contributed by atoms with Crippen molar-refractivity contribution in [2.24, 2.45) is 5.41 Å². The number of hydrogen-bond donors (Lipinski definition) is 1. The summed E-state index contributed by atoms with van der Waals surface area (Å²) >= 11 is 0. The molecular formula is C10H17NO3S. The summed E-state index contributed by atoms with van der Waals surface area (Å²) in [7, 11) is -2.83. The summed E-state index contributed by atoms with van der Waals surface area (Å²) in [6.07, 6.45) is 2.70. The van der Waals surface area contributed by atoms with Gasteiger partial charge >= 0.3 is 0 Å². The van der Waals surface area contributed by atoms with E-state index in [4.69, 9.17) is 0 Å². The lowest BCUT2D eigenvalue weighted by atomic mass is 9.74. The molecule has 0 saturated carbocycles. The van der Waals surface area contributed by atoms with Crippen molar-refractivity contribution in [2.75, 3.05) is 11.5 Å². The van der Waals surface area contributed by atoms with Crippen molar-refractivity contribution in [1.29, 1.82) is 0 Å². The molecule has 2 aliphatic heterocycles. The summed E-state index contributed by atoms with van der Waals surface area (Å²) in [5.74, 6) is 0.581. The van der Waals surface area contributed by atoms with Gasteiger partial charge in [0.1, 0.15) is 9.84 Å². The second kappa shape index (κ2) is 3.47. The maximum atomic E-state index is 11.4. The Morgan fingerprint density at radius 3 is 2.53 bits per heavy atom. The fraction of sp³-hybridized carbons (Fsp3) is 0.900. The van der Waals surface area contributed by atoms with Crippen molar-refractivity contribution in [3.63, 3.8) is 0 Å². The van der Waals surface area contributed by atoms with Gasteiger partial charge in [0.25, 0.3) is 0 Å². The largest absolute Gasteiger partial charge is 0.353 e. The number of hydrogen-bond acceptors (Lipinski definition) is 3. The second-order valence-electron chi connectivity index (χ2n) is 4.72.